The molecule has 0 bridgehead atoms. The highest BCUT2D eigenvalue weighted by atomic mass is 16.8. The maximum absolute atomic E-state index is 9.01. The summed E-state index contributed by atoms with van der Waals surface area (Å²) >= 11 is 0. The molecule has 0 amide bonds. The minimum absolute atomic E-state index is 0. The van der Waals surface area contributed by atoms with Crippen molar-refractivity contribution in [3.8, 4) is 0 Å². The Kier molecular flexibility index (Phi) is 18.0. The second-order valence-corrected chi connectivity index (χ2v) is 2.17. The highest BCUT2D eigenvalue weighted by molar-refractivity contribution is 5.75. The van der Waals surface area contributed by atoms with E-state index in [1.807, 2.05) is 0 Å². The van der Waals surface area contributed by atoms with Gasteiger partial charge in [0.15, 0.2) is 0 Å². The molecule has 0 saturated carbocycles. The number of hydrogen-bond acceptors (Lipinski definition) is 8. The molecule has 0 aromatic carbocycles. The van der Waals surface area contributed by atoms with Crippen molar-refractivity contribution >= 4 is 11.9 Å². The average Bonchev–Trinajstić information content (AvgIpc) is 2.10. The van der Waals surface area contributed by atoms with Gasteiger partial charge in [-0.1, -0.05) is 0 Å². The van der Waals surface area contributed by atoms with E-state index in [0.717, 1.165) is 0 Å². The Bertz CT molecular complexity index is 375. The van der Waals surface area contributed by atoms with Gasteiger partial charge in [0.05, 0.1) is 0 Å². The summed E-state index contributed by atoms with van der Waals surface area (Å²) in [5, 5.41) is 35.4. The lowest BCUT2D eigenvalue weighted by molar-refractivity contribution is -0.618. The third-order valence-electron chi connectivity index (χ3n) is 0.581. The summed E-state index contributed by atoms with van der Waals surface area (Å²) in [4.78, 5) is 38.3. The SMILES string of the molecule is NC(=[NH2+])[NH+]=C(N)N.O.O=[N+]([O-])[N-][N+](=O)[O-].O=[N+]([O-])[N-][N+](=O)[O-]. The first kappa shape index (κ1) is 26.5. The molecule has 0 aromatic heterocycles. The number of rotatable bonds is 4. The minimum Gasteiger partial charge on any atom is -0.412 e. The number of hydrogen-bond donors (Lipinski definition) is 5. The van der Waals surface area contributed by atoms with Gasteiger partial charge in [-0.2, -0.15) is 0 Å². The van der Waals surface area contributed by atoms with Crippen LogP contribution in [0, 0.1) is 40.5 Å². The molecular formula is C2H11N11O9. The van der Waals surface area contributed by atoms with Crippen molar-refractivity contribution in [3.05, 3.63) is 51.5 Å². The van der Waals surface area contributed by atoms with Gasteiger partial charge in [0.25, 0.3) is 5.96 Å². The smallest absolute Gasteiger partial charge is 0.412 e. The van der Waals surface area contributed by atoms with Gasteiger partial charge >= 0.3 is 5.96 Å². The van der Waals surface area contributed by atoms with E-state index in [-0.39, 0.29) is 17.4 Å². The van der Waals surface area contributed by atoms with Crippen LogP contribution < -0.4 is 27.6 Å². The van der Waals surface area contributed by atoms with E-state index in [2.05, 4.69) is 4.99 Å². The van der Waals surface area contributed by atoms with Crippen LogP contribution in [-0.2, 0) is 0 Å². The van der Waals surface area contributed by atoms with Gasteiger partial charge in [0, 0.05) is 20.1 Å². The fraction of sp³-hybridized carbons (Fsp3) is 0. The van der Waals surface area contributed by atoms with Crippen LogP contribution in [0.1, 0.15) is 0 Å². The maximum atomic E-state index is 9.01. The summed E-state index contributed by atoms with van der Waals surface area (Å²) in [5.74, 6) is 0.000000000000000666. The largest absolute Gasteiger partial charge is 0.515 e. The Morgan fingerprint density at radius 3 is 1.05 bits per heavy atom. The third-order valence-corrected chi connectivity index (χ3v) is 0.581. The van der Waals surface area contributed by atoms with Gasteiger partial charge in [0.1, 0.15) is 0 Å². The molecule has 128 valence electrons. The zero-order valence-corrected chi connectivity index (χ0v) is 10.3. The topological polar surface area (TPSA) is 350 Å². The normalized spacial score (nSPS) is 7.09. The molecule has 22 heavy (non-hydrogen) atoms. The van der Waals surface area contributed by atoms with Gasteiger partial charge < -0.3 is 16.9 Å². The molecule has 0 rings (SSSR count). The molecule has 0 fully saturated rings. The molecule has 0 saturated heterocycles. The first-order valence-corrected chi connectivity index (χ1v) is 3.92. The van der Waals surface area contributed by atoms with Gasteiger partial charge in [-0.15, -0.1) is 4.99 Å². The van der Waals surface area contributed by atoms with Gasteiger partial charge in [-0.05, 0) is 11.1 Å². The second kappa shape index (κ2) is 15.0. The monoisotopic (exact) mass is 333 g/mol. The molecule has 0 atom stereocenters. The van der Waals surface area contributed by atoms with Crippen molar-refractivity contribution in [2.75, 3.05) is 0 Å². The van der Waals surface area contributed by atoms with E-state index >= 15 is 0 Å². The summed E-state index contributed by atoms with van der Waals surface area (Å²) in [6, 6.07) is 0. The fourth-order valence-electron chi connectivity index (χ4n) is 0.286. The highest BCUT2D eigenvalue weighted by Gasteiger charge is 1.93. The lowest BCUT2D eigenvalue weighted by Crippen LogP contribution is -2.90. The standard InChI is InChI=1S/C2H7N5.2N3O4.H2O/c3-1(4)7-2(5)6;2*4-2(5)1-3(6)7;/h(H7,3,4,5,6,7);;;1H2/q;2*-1;/p+2. The van der Waals surface area contributed by atoms with Gasteiger partial charge in [-0.3, -0.25) is 40.5 Å². The predicted octanol–water partition coefficient (Wildman–Crippen LogP) is -6.92. The zero-order chi connectivity index (χ0) is 17.6. The fourth-order valence-corrected chi connectivity index (χ4v) is 0.286. The van der Waals surface area contributed by atoms with Crippen LogP contribution in [0.25, 0.3) is 11.1 Å². The minimum atomic E-state index is -1.38. The maximum Gasteiger partial charge on any atom is 0.515 e. The molecule has 0 aliphatic heterocycles. The van der Waals surface area contributed by atoms with E-state index in [4.69, 9.17) is 63.1 Å². The number of nitrogens with one attached hydrogen (secondary N) is 1. The van der Waals surface area contributed by atoms with E-state index in [1.165, 1.54) is 0 Å². The van der Waals surface area contributed by atoms with Crippen LogP contribution in [0.3, 0.4) is 0 Å². The molecule has 0 heterocycles. The molecule has 0 spiro atoms. The van der Waals surface area contributed by atoms with Crippen molar-refractivity contribution in [1.82, 2.24) is 0 Å². The van der Waals surface area contributed by atoms with Crippen molar-refractivity contribution in [3.63, 3.8) is 0 Å². The average molecular weight is 333 g/mol. The third kappa shape index (κ3) is 56.6. The Hall–Kier alpha value is -4.10. The quantitative estimate of drug-likeness (QED) is 0.139. The zero-order valence-electron chi connectivity index (χ0n) is 10.3. The van der Waals surface area contributed by atoms with Crippen LogP contribution in [0.4, 0.5) is 0 Å². The molecule has 0 aliphatic carbocycles. The van der Waals surface area contributed by atoms with Crippen molar-refractivity contribution in [2.24, 2.45) is 17.2 Å². The van der Waals surface area contributed by atoms with Crippen LogP contribution in [-0.4, -0.2) is 37.5 Å². The van der Waals surface area contributed by atoms with Crippen LogP contribution in [0.5, 0.6) is 0 Å². The first-order valence-electron chi connectivity index (χ1n) is 3.92. The van der Waals surface area contributed by atoms with Gasteiger partial charge in [0.2, 0.25) is 0 Å². The molecule has 20 nitrogen and oxygen atoms in total. The molecule has 0 radical (unpaired) electrons. The molecule has 20 heteroatoms. The Morgan fingerprint density at radius 2 is 1.05 bits per heavy atom. The lowest BCUT2D eigenvalue weighted by Gasteiger charge is -1.92. The number of nitrogens with zero attached hydrogens (tertiary/aromatic N) is 6. The van der Waals surface area contributed by atoms with Crippen LogP contribution in [0.15, 0.2) is 0 Å². The van der Waals surface area contributed by atoms with Crippen LogP contribution >= 0.6 is 0 Å². The number of nitro groups is 4. The van der Waals surface area contributed by atoms with E-state index in [9.17, 15) is 0 Å². The lowest BCUT2D eigenvalue weighted by atomic mass is 11.0. The van der Waals surface area contributed by atoms with E-state index in [1.54, 1.807) is 11.1 Å². The highest BCUT2D eigenvalue weighted by Crippen LogP contribution is 1.82. The Morgan fingerprint density at radius 1 is 0.818 bits per heavy atom. The summed E-state index contributed by atoms with van der Waals surface area (Å²) < 4.78 is 0. The molecule has 0 aliphatic rings. The van der Waals surface area contributed by atoms with Crippen molar-refractivity contribution in [2.45, 2.75) is 0 Å². The molecular weight excluding hydrogens is 322 g/mol. The van der Waals surface area contributed by atoms with Crippen molar-refractivity contribution in [1.29, 1.82) is 0 Å². The first-order chi connectivity index (χ1) is 9.38. The van der Waals surface area contributed by atoms with Gasteiger partial charge in [-0.25, -0.2) is 11.1 Å². The summed E-state index contributed by atoms with van der Waals surface area (Å²) in [5.41, 5.74) is 18.1. The molecule has 0 unspecified atom stereocenters. The number of guanidine groups is 2. The Balaban J connectivity index is -0.000000108. The van der Waals surface area contributed by atoms with Crippen molar-refractivity contribution < 1.29 is 36.0 Å². The summed E-state index contributed by atoms with van der Waals surface area (Å²) in [6.07, 6.45) is 0. The van der Waals surface area contributed by atoms with E-state index in [0.29, 0.717) is 0 Å². The molecule has 0 aromatic rings. The van der Waals surface area contributed by atoms with E-state index < -0.39 is 20.1 Å². The Labute approximate surface area is 118 Å². The summed E-state index contributed by atoms with van der Waals surface area (Å²) in [7, 11) is 0. The predicted molar refractivity (Wildman–Crippen MR) is 63.8 cm³/mol. The second-order valence-electron chi connectivity index (χ2n) is 2.17. The van der Waals surface area contributed by atoms with Crippen LogP contribution in [0.2, 0.25) is 0 Å². The summed E-state index contributed by atoms with van der Waals surface area (Å²) in [6.45, 7) is 0. The number of nitrogens with two attached hydrogens (primary N) is 4. The molecule has 11 N–H and O–H groups in total.